The van der Waals surface area contributed by atoms with E-state index in [9.17, 15) is 15.0 Å². The molecule has 27 heavy (non-hydrogen) atoms. The number of carbonyl (C=O) groups is 1. The quantitative estimate of drug-likeness (QED) is 0.868. The second-order valence-corrected chi connectivity index (χ2v) is 8.01. The zero-order chi connectivity index (χ0) is 19.2. The van der Waals surface area contributed by atoms with Crippen molar-refractivity contribution in [1.82, 2.24) is 4.90 Å². The summed E-state index contributed by atoms with van der Waals surface area (Å²) in [6.07, 6.45) is 1.94. The number of nitrogens with zero attached hydrogens (tertiary/aromatic N) is 1. The molecule has 3 atom stereocenters. The van der Waals surface area contributed by atoms with E-state index in [2.05, 4.69) is 18.9 Å². The Labute approximate surface area is 159 Å². The van der Waals surface area contributed by atoms with Crippen LogP contribution < -0.4 is 4.74 Å². The largest absolute Gasteiger partial charge is 0.508 e. The van der Waals surface area contributed by atoms with Crippen LogP contribution in [0.25, 0.3) is 0 Å². The van der Waals surface area contributed by atoms with Gasteiger partial charge in [0.1, 0.15) is 11.5 Å². The highest BCUT2D eigenvalue weighted by atomic mass is 16.5. The van der Waals surface area contributed by atoms with Crippen molar-refractivity contribution >= 4 is 5.97 Å². The van der Waals surface area contributed by atoms with Crippen molar-refractivity contribution in [2.75, 3.05) is 20.2 Å². The Morgan fingerprint density at radius 1 is 1.30 bits per heavy atom. The van der Waals surface area contributed by atoms with Gasteiger partial charge in [-0.2, -0.15) is 0 Å². The molecule has 0 radical (unpaired) electrons. The van der Waals surface area contributed by atoms with Crippen molar-refractivity contribution in [1.29, 1.82) is 0 Å². The SMILES string of the molecule is CN1CC[C@@]2(C)c3cc(O)ccc3CC1[C@@H]2COc1cccc(C(=O)O)c1. The van der Waals surface area contributed by atoms with Crippen molar-refractivity contribution in [3.63, 3.8) is 0 Å². The average molecular weight is 367 g/mol. The monoisotopic (exact) mass is 367 g/mol. The van der Waals surface area contributed by atoms with Crippen molar-refractivity contribution in [2.24, 2.45) is 5.92 Å². The lowest BCUT2D eigenvalue weighted by molar-refractivity contribution is 0.0118. The maximum atomic E-state index is 11.2. The number of rotatable bonds is 4. The molecule has 1 heterocycles. The van der Waals surface area contributed by atoms with E-state index in [-0.39, 0.29) is 16.9 Å². The van der Waals surface area contributed by atoms with E-state index in [1.807, 2.05) is 12.1 Å². The molecule has 5 heteroatoms. The fourth-order valence-corrected chi connectivity index (χ4v) is 4.82. The first-order valence-electron chi connectivity index (χ1n) is 9.37. The van der Waals surface area contributed by atoms with Gasteiger partial charge in [-0.05, 0) is 67.9 Å². The molecular formula is C22H25NO4. The van der Waals surface area contributed by atoms with Crippen LogP contribution in [0, 0.1) is 5.92 Å². The van der Waals surface area contributed by atoms with Gasteiger partial charge in [-0.25, -0.2) is 4.79 Å². The summed E-state index contributed by atoms with van der Waals surface area (Å²) in [5.41, 5.74) is 2.68. The molecule has 0 saturated carbocycles. The molecule has 2 aromatic rings. The number of aromatic carboxylic acids is 1. The summed E-state index contributed by atoms with van der Waals surface area (Å²) >= 11 is 0. The van der Waals surface area contributed by atoms with Crippen LogP contribution >= 0.6 is 0 Å². The molecule has 1 unspecified atom stereocenters. The summed E-state index contributed by atoms with van der Waals surface area (Å²) in [5, 5.41) is 19.2. The first kappa shape index (κ1) is 17.9. The number of benzene rings is 2. The smallest absolute Gasteiger partial charge is 0.335 e. The van der Waals surface area contributed by atoms with E-state index < -0.39 is 5.97 Å². The third-order valence-corrected chi connectivity index (χ3v) is 6.48. The molecule has 5 nitrogen and oxygen atoms in total. The predicted molar refractivity (Wildman–Crippen MR) is 103 cm³/mol. The maximum Gasteiger partial charge on any atom is 0.335 e. The zero-order valence-electron chi connectivity index (χ0n) is 15.7. The molecule has 0 amide bonds. The minimum Gasteiger partial charge on any atom is -0.508 e. The molecule has 142 valence electrons. The fourth-order valence-electron chi connectivity index (χ4n) is 4.82. The van der Waals surface area contributed by atoms with Gasteiger partial charge in [-0.3, -0.25) is 0 Å². The lowest BCUT2D eigenvalue weighted by Crippen LogP contribution is -2.59. The average Bonchev–Trinajstić information content (AvgIpc) is 2.65. The van der Waals surface area contributed by atoms with E-state index in [0.717, 1.165) is 19.4 Å². The number of phenols is 1. The molecule has 0 aromatic heterocycles. The van der Waals surface area contributed by atoms with Crippen molar-refractivity contribution < 1.29 is 19.7 Å². The van der Waals surface area contributed by atoms with Crippen LogP contribution in [0.3, 0.4) is 0 Å². The number of aromatic hydroxyl groups is 1. The van der Waals surface area contributed by atoms with Crippen LogP contribution in [-0.2, 0) is 11.8 Å². The summed E-state index contributed by atoms with van der Waals surface area (Å²) in [4.78, 5) is 13.6. The van der Waals surface area contributed by atoms with Gasteiger partial charge >= 0.3 is 5.97 Å². The Kier molecular flexibility index (Phi) is 4.35. The van der Waals surface area contributed by atoms with Gasteiger partial charge in [0, 0.05) is 17.4 Å². The lowest BCUT2D eigenvalue weighted by atomic mass is 9.58. The Hall–Kier alpha value is -2.53. The van der Waals surface area contributed by atoms with Gasteiger partial charge in [0.2, 0.25) is 0 Å². The van der Waals surface area contributed by atoms with Crippen LogP contribution in [0.1, 0.15) is 34.8 Å². The standard InChI is InChI=1S/C22H25NO4/c1-22-8-9-23(2)20(11-14-6-7-16(24)12-18(14)22)19(22)13-27-17-5-3-4-15(10-17)21(25)26/h3-7,10,12,19-20,24H,8-9,11,13H2,1-2H3,(H,25,26)/t19-,20?,22-/m0/s1. The highest BCUT2D eigenvalue weighted by Gasteiger charge is 2.50. The Morgan fingerprint density at radius 3 is 2.89 bits per heavy atom. The summed E-state index contributed by atoms with van der Waals surface area (Å²) in [5.74, 6) is 0.201. The van der Waals surface area contributed by atoms with Crippen molar-refractivity contribution in [3.8, 4) is 11.5 Å². The van der Waals surface area contributed by atoms with E-state index >= 15 is 0 Å². The first-order valence-corrected chi connectivity index (χ1v) is 9.37. The molecule has 2 aromatic carbocycles. The maximum absolute atomic E-state index is 11.2. The third-order valence-electron chi connectivity index (χ3n) is 6.48. The number of hydrogen-bond acceptors (Lipinski definition) is 4. The second-order valence-electron chi connectivity index (χ2n) is 8.01. The van der Waals surface area contributed by atoms with Crippen LogP contribution in [0.15, 0.2) is 42.5 Å². The van der Waals surface area contributed by atoms with Crippen LogP contribution in [-0.4, -0.2) is 47.3 Å². The predicted octanol–water partition coefficient (Wildman–Crippen LogP) is 3.30. The number of carboxylic acid groups (broad SMARTS) is 1. The number of carboxylic acids is 1. The van der Waals surface area contributed by atoms with E-state index in [1.54, 1.807) is 30.3 Å². The van der Waals surface area contributed by atoms with Gasteiger partial charge in [-0.1, -0.05) is 19.1 Å². The Morgan fingerprint density at radius 2 is 2.11 bits per heavy atom. The number of hydrogen-bond donors (Lipinski definition) is 2. The van der Waals surface area contributed by atoms with E-state index in [4.69, 9.17) is 4.74 Å². The topological polar surface area (TPSA) is 70.0 Å². The van der Waals surface area contributed by atoms with Gasteiger partial charge in [0.05, 0.1) is 12.2 Å². The number of likely N-dealkylation sites (tertiary alicyclic amines) is 1. The van der Waals surface area contributed by atoms with Crippen molar-refractivity contribution in [2.45, 2.75) is 31.2 Å². The molecule has 1 saturated heterocycles. The normalized spacial score (nSPS) is 27.0. The van der Waals surface area contributed by atoms with Gasteiger partial charge in [0.25, 0.3) is 0 Å². The van der Waals surface area contributed by atoms with Gasteiger partial charge in [0.15, 0.2) is 0 Å². The summed E-state index contributed by atoms with van der Waals surface area (Å²) < 4.78 is 6.08. The summed E-state index contributed by atoms with van der Waals surface area (Å²) in [6.45, 7) is 3.80. The number of phenolic OH excluding ortho intramolecular Hbond substituents is 1. The third kappa shape index (κ3) is 3.06. The zero-order valence-corrected chi connectivity index (χ0v) is 15.7. The lowest BCUT2D eigenvalue weighted by Gasteiger charge is -2.54. The molecule has 2 aliphatic rings. The summed E-state index contributed by atoms with van der Waals surface area (Å²) in [6, 6.07) is 12.7. The molecule has 1 fully saturated rings. The molecule has 4 rings (SSSR count). The number of ether oxygens (including phenoxy) is 1. The fraction of sp³-hybridized carbons (Fsp3) is 0.409. The minimum absolute atomic E-state index is 0.0755. The Balaban J connectivity index is 1.64. The Bertz CT molecular complexity index is 880. The van der Waals surface area contributed by atoms with Gasteiger partial charge < -0.3 is 19.8 Å². The highest BCUT2D eigenvalue weighted by Crippen LogP contribution is 2.49. The van der Waals surface area contributed by atoms with E-state index in [1.165, 1.54) is 11.1 Å². The first-order chi connectivity index (χ1) is 12.9. The molecular weight excluding hydrogens is 342 g/mol. The number of piperidine rings is 1. The number of fused-ring (bicyclic) bond motifs is 4. The van der Waals surface area contributed by atoms with E-state index in [0.29, 0.717) is 24.1 Å². The van der Waals surface area contributed by atoms with Crippen LogP contribution in [0.4, 0.5) is 0 Å². The molecule has 2 N–H and O–H groups in total. The summed E-state index contributed by atoms with van der Waals surface area (Å²) in [7, 11) is 2.16. The molecule has 1 aliphatic heterocycles. The molecule has 1 aliphatic carbocycles. The van der Waals surface area contributed by atoms with Crippen LogP contribution in [0.2, 0.25) is 0 Å². The van der Waals surface area contributed by atoms with Crippen LogP contribution in [0.5, 0.6) is 11.5 Å². The highest BCUT2D eigenvalue weighted by molar-refractivity contribution is 5.88. The minimum atomic E-state index is -0.953. The second kappa shape index (κ2) is 6.57. The van der Waals surface area contributed by atoms with Gasteiger partial charge in [-0.15, -0.1) is 0 Å². The van der Waals surface area contributed by atoms with Crippen molar-refractivity contribution in [3.05, 3.63) is 59.2 Å². The number of likely N-dealkylation sites (N-methyl/N-ethyl adjacent to an activating group) is 1. The molecule has 0 spiro atoms. The molecule has 2 bridgehead atoms.